The first-order valence-electron chi connectivity index (χ1n) is 6.95. The number of halogens is 2. The number of rotatable bonds is 8. The molecule has 1 heterocycles. The maximum Gasteiger partial charge on any atom is 0.183 e. The van der Waals surface area contributed by atoms with E-state index in [1.54, 1.807) is 0 Å². The van der Waals surface area contributed by atoms with Gasteiger partial charge in [-0.25, -0.2) is 0 Å². The largest absolute Gasteiger partial charge is 0.451 e. The number of nitrogens with zero attached hydrogens (tertiary/aromatic N) is 1. The Bertz CT molecular complexity index is 362. The Kier molecular flexibility index (Phi) is 7.65. The first kappa shape index (κ1) is 17.2. The highest BCUT2D eigenvalue weighted by Crippen LogP contribution is 2.33. The summed E-state index contributed by atoms with van der Waals surface area (Å²) in [5.74, 6) is 0.928. The van der Waals surface area contributed by atoms with Crippen LogP contribution in [0, 0.1) is 0 Å². The van der Waals surface area contributed by atoms with Crippen LogP contribution < -0.4 is 5.73 Å². The van der Waals surface area contributed by atoms with Crippen LogP contribution in [-0.2, 0) is 0 Å². The van der Waals surface area contributed by atoms with Gasteiger partial charge in [-0.1, -0.05) is 20.3 Å². The maximum atomic E-state index is 6.00. The number of unbranched alkanes of at least 4 members (excludes halogenated alkanes) is 1. The number of nitrogens with two attached hydrogens (primary N) is 1. The van der Waals surface area contributed by atoms with Crippen molar-refractivity contribution in [2.75, 3.05) is 13.1 Å². The average molecular weight is 396 g/mol. The second kappa shape index (κ2) is 8.45. The zero-order valence-electron chi connectivity index (χ0n) is 12.0. The molecule has 0 bridgehead atoms. The molecule has 0 saturated heterocycles. The minimum absolute atomic E-state index is 0.143. The van der Waals surface area contributed by atoms with E-state index in [-0.39, 0.29) is 6.04 Å². The van der Waals surface area contributed by atoms with E-state index in [0.29, 0.717) is 12.6 Å². The van der Waals surface area contributed by atoms with Gasteiger partial charge in [0.2, 0.25) is 0 Å². The van der Waals surface area contributed by atoms with Crippen LogP contribution in [0.5, 0.6) is 0 Å². The van der Waals surface area contributed by atoms with Crippen molar-refractivity contribution in [2.45, 2.75) is 52.1 Å². The molecule has 0 radical (unpaired) electrons. The Morgan fingerprint density at radius 3 is 2.47 bits per heavy atom. The minimum Gasteiger partial charge on any atom is -0.451 e. The molecular formula is C14H24Br2N2O. The van der Waals surface area contributed by atoms with Gasteiger partial charge in [0, 0.05) is 12.6 Å². The Morgan fingerprint density at radius 2 is 2.05 bits per heavy atom. The van der Waals surface area contributed by atoms with Crippen molar-refractivity contribution in [2.24, 2.45) is 5.73 Å². The van der Waals surface area contributed by atoms with Crippen molar-refractivity contribution in [1.82, 2.24) is 4.90 Å². The molecule has 1 aromatic heterocycles. The lowest BCUT2D eigenvalue weighted by atomic mass is 10.1. The van der Waals surface area contributed by atoms with Gasteiger partial charge >= 0.3 is 0 Å². The lowest BCUT2D eigenvalue weighted by Gasteiger charge is -2.34. The molecule has 2 atom stereocenters. The fourth-order valence-electron chi connectivity index (χ4n) is 2.20. The lowest BCUT2D eigenvalue weighted by molar-refractivity contribution is 0.124. The van der Waals surface area contributed by atoms with Crippen LogP contribution in [0.25, 0.3) is 0 Å². The van der Waals surface area contributed by atoms with E-state index in [0.717, 1.165) is 27.9 Å². The SMILES string of the molecule is CCCCN(C(C)CC)C(CN)c1cc(Br)c(Br)o1. The van der Waals surface area contributed by atoms with Gasteiger partial charge < -0.3 is 10.2 Å². The molecule has 19 heavy (non-hydrogen) atoms. The molecule has 0 spiro atoms. The maximum absolute atomic E-state index is 6.00. The third-order valence-electron chi connectivity index (χ3n) is 3.54. The molecule has 0 amide bonds. The van der Waals surface area contributed by atoms with E-state index in [1.165, 1.54) is 12.8 Å². The summed E-state index contributed by atoms with van der Waals surface area (Å²) in [5, 5.41) is 0. The Morgan fingerprint density at radius 1 is 1.37 bits per heavy atom. The summed E-state index contributed by atoms with van der Waals surface area (Å²) in [6.07, 6.45) is 3.49. The van der Waals surface area contributed by atoms with Crippen molar-refractivity contribution in [3.63, 3.8) is 0 Å². The van der Waals surface area contributed by atoms with Crippen molar-refractivity contribution < 1.29 is 4.42 Å². The van der Waals surface area contributed by atoms with E-state index in [2.05, 4.69) is 57.5 Å². The summed E-state index contributed by atoms with van der Waals surface area (Å²) in [5.41, 5.74) is 6.00. The van der Waals surface area contributed by atoms with Crippen molar-refractivity contribution in [3.8, 4) is 0 Å². The highest BCUT2D eigenvalue weighted by Gasteiger charge is 2.26. The van der Waals surface area contributed by atoms with Gasteiger partial charge in [0.05, 0.1) is 10.5 Å². The molecule has 110 valence electrons. The quantitative estimate of drug-likeness (QED) is 0.693. The predicted octanol–water partition coefficient (Wildman–Crippen LogP) is 4.71. The summed E-state index contributed by atoms with van der Waals surface area (Å²) in [7, 11) is 0. The van der Waals surface area contributed by atoms with Crippen LogP contribution in [0.15, 0.2) is 19.6 Å². The normalized spacial score (nSPS) is 14.9. The van der Waals surface area contributed by atoms with Crippen molar-refractivity contribution in [3.05, 3.63) is 21.0 Å². The Balaban J connectivity index is 2.94. The highest BCUT2D eigenvalue weighted by molar-refractivity contribution is 9.13. The second-order valence-electron chi connectivity index (χ2n) is 4.87. The van der Waals surface area contributed by atoms with E-state index in [4.69, 9.17) is 10.2 Å². The van der Waals surface area contributed by atoms with Crippen LogP contribution >= 0.6 is 31.9 Å². The summed E-state index contributed by atoms with van der Waals surface area (Å²) < 4.78 is 7.45. The average Bonchev–Trinajstić information content (AvgIpc) is 2.73. The molecule has 0 aromatic carbocycles. The zero-order valence-corrected chi connectivity index (χ0v) is 15.1. The number of hydrogen-bond acceptors (Lipinski definition) is 3. The summed E-state index contributed by atoms with van der Waals surface area (Å²) in [6, 6.07) is 2.66. The standard InChI is InChI=1S/C14H24Br2N2O/c1-4-6-7-18(10(3)5-2)12(9-17)13-8-11(15)14(16)19-13/h8,10,12H,4-7,9,17H2,1-3H3. The molecule has 1 aromatic rings. The Hall–Kier alpha value is 0.160. The third kappa shape index (κ3) is 4.59. The third-order valence-corrected chi connectivity index (χ3v) is 5.25. The molecule has 2 unspecified atom stereocenters. The van der Waals surface area contributed by atoms with E-state index < -0.39 is 0 Å². The molecule has 1 rings (SSSR count). The van der Waals surface area contributed by atoms with Crippen molar-refractivity contribution in [1.29, 1.82) is 0 Å². The monoisotopic (exact) mass is 394 g/mol. The molecule has 0 saturated carbocycles. The van der Waals surface area contributed by atoms with E-state index in [9.17, 15) is 0 Å². The number of hydrogen-bond donors (Lipinski definition) is 1. The second-order valence-corrected chi connectivity index (χ2v) is 6.45. The van der Waals surface area contributed by atoms with E-state index in [1.807, 2.05) is 6.07 Å². The lowest BCUT2D eigenvalue weighted by Crippen LogP contribution is -2.40. The first-order chi connectivity index (χ1) is 9.04. The molecule has 0 aliphatic rings. The van der Waals surface area contributed by atoms with Crippen LogP contribution in [0.1, 0.15) is 51.8 Å². The summed E-state index contributed by atoms with van der Waals surface area (Å²) in [4.78, 5) is 2.46. The van der Waals surface area contributed by atoms with Crippen LogP contribution in [0.3, 0.4) is 0 Å². The topological polar surface area (TPSA) is 42.4 Å². The molecule has 3 nitrogen and oxygen atoms in total. The molecule has 0 aliphatic heterocycles. The van der Waals surface area contributed by atoms with Gasteiger partial charge in [0.25, 0.3) is 0 Å². The van der Waals surface area contributed by atoms with Gasteiger partial charge in [-0.15, -0.1) is 0 Å². The van der Waals surface area contributed by atoms with Crippen LogP contribution in [-0.4, -0.2) is 24.0 Å². The first-order valence-corrected chi connectivity index (χ1v) is 8.54. The molecule has 0 fully saturated rings. The van der Waals surface area contributed by atoms with Gasteiger partial charge in [0.1, 0.15) is 5.76 Å². The van der Waals surface area contributed by atoms with E-state index >= 15 is 0 Å². The summed E-state index contributed by atoms with van der Waals surface area (Å²) in [6.45, 7) is 8.31. The van der Waals surface area contributed by atoms with Crippen LogP contribution in [0.4, 0.5) is 0 Å². The van der Waals surface area contributed by atoms with Gasteiger partial charge in [-0.05, 0) is 64.2 Å². The fraction of sp³-hybridized carbons (Fsp3) is 0.714. The highest BCUT2D eigenvalue weighted by atomic mass is 79.9. The van der Waals surface area contributed by atoms with Gasteiger partial charge in [-0.3, -0.25) is 4.90 Å². The molecule has 2 N–H and O–H groups in total. The zero-order chi connectivity index (χ0) is 14.4. The Labute approximate surface area is 133 Å². The van der Waals surface area contributed by atoms with Crippen LogP contribution in [0.2, 0.25) is 0 Å². The molecule has 5 heteroatoms. The van der Waals surface area contributed by atoms with Crippen molar-refractivity contribution >= 4 is 31.9 Å². The predicted molar refractivity (Wildman–Crippen MR) is 87.3 cm³/mol. The smallest absolute Gasteiger partial charge is 0.183 e. The minimum atomic E-state index is 0.143. The summed E-state index contributed by atoms with van der Waals surface area (Å²) >= 11 is 6.87. The van der Waals surface area contributed by atoms with Gasteiger partial charge in [0.15, 0.2) is 4.67 Å². The fourth-order valence-corrected chi connectivity index (χ4v) is 2.81. The molecule has 0 aliphatic carbocycles. The molecular weight excluding hydrogens is 372 g/mol. The van der Waals surface area contributed by atoms with Gasteiger partial charge in [-0.2, -0.15) is 0 Å². The number of furan rings is 1.